The van der Waals surface area contributed by atoms with Gasteiger partial charge in [0.2, 0.25) is 5.91 Å². The summed E-state index contributed by atoms with van der Waals surface area (Å²) in [6.45, 7) is 1.95. The molecule has 0 N–H and O–H groups in total. The first-order valence-electron chi connectivity index (χ1n) is 9.85. The zero-order valence-electron chi connectivity index (χ0n) is 17.2. The van der Waals surface area contributed by atoms with E-state index in [1.54, 1.807) is 4.90 Å². The molecule has 0 radical (unpaired) electrons. The molecular formula is C26H25NO3. The van der Waals surface area contributed by atoms with Crippen molar-refractivity contribution in [3.05, 3.63) is 114 Å². The van der Waals surface area contributed by atoms with Crippen LogP contribution in [0.25, 0.3) is 5.57 Å². The van der Waals surface area contributed by atoms with Crippen LogP contribution in [-0.2, 0) is 14.3 Å². The predicted molar refractivity (Wildman–Crippen MR) is 118 cm³/mol. The van der Waals surface area contributed by atoms with E-state index in [-0.39, 0.29) is 18.4 Å². The molecule has 0 aliphatic rings. The quantitative estimate of drug-likeness (QED) is 0.404. The van der Waals surface area contributed by atoms with Gasteiger partial charge in [-0.05, 0) is 23.6 Å². The number of rotatable bonds is 7. The van der Waals surface area contributed by atoms with Crippen LogP contribution in [-0.4, -0.2) is 23.9 Å². The molecule has 1 atom stereocenters. The number of hydrogen-bond donors (Lipinski definition) is 0. The van der Waals surface area contributed by atoms with Crippen molar-refractivity contribution >= 4 is 17.4 Å². The topological polar surface area (TPSA) is 46.6 Å². The molecule has 4 nitrogen and oxygen atoms in total. The Morgan fingerprint density at radius 3 is 1.77 bits per heavy atom. The maximum Gasteiger partial charge on any atom is 0.315 e. The summed E-state index contributed by atoms with van der Waals surface area (Å²) in [5.41, 5.74) is 3.85. The molecule has 3 aromatic carbocycles. The second-order valence-corrected chi connectivity index (χ2v) is 6.92. The molecule has 0 aliphatic carbocycles. The number of nitrogens with zero attached hydrogens (tertiary/aromatic N) is 1. The van der Waals surface area contributed by atoms with Crippen molar-refractivity contribution in [1.29, 1.82) is 0 Å². The summed E-state index contributed by atoms with van der Waals surface area (Å²) in [7, 11) is 1.29. The highest BCUT2D eigenvalue weighted by atomic mass is 16.5. The molecule has 0 heterocycles. The zero-order chi connectivity index (χ0) is 21.3. The molecule has 3 aromatic rings. The van der Waals surface area contributed by atoms with Crippen molar-refractivity contribution in [3.8, 4) is 0 Å². The Balaban J connectivity index is 2.10. The Labute approximate surface area is 177 Å². The summed E-state index contributed by atoms with van der Waals surface area (Å²) >= 11 is 0. The van der Waals surface area contributed by atoms with Crippen LogP contribution in [0.2, 0.25) is 0 Å². The average molecular weight is 399 g/mol. The Kier molecular flexibility index (Phi) is 7.17. The van der Waals surface area contributed by atoms with E-state index in [0.717, 1.165) is 22.3 Å². The third-order valence-electron chi connectivity index (χ3n) is 4.95. The number of carbonyl (C=O) groups excluding carboxylic acids is 2. The number of carbonyl (C=O) groups is 2. The summed E-state index contributed by atoms with van der Waals surface area (Å²) in [6.07, 6.45) is 1.52. The highest BCUT2D eigenvalue weighted by Gasteiger charge is 2.23. The Hall–Kier alpha value is -3.66. The lowest BCUT2D eigenvalue weighted by atomic mass is 9.98. The van der Waals surface area contributed by atoms with Crippen molar-refractivity contribution in [3.63, 3.8) is 0 Å². The second-order valence-electron chi connectivity index (χ2n) is 6.92. The number of esters is 1. The first-order chi connectivity index (χ1) is 14.6. The predicted octanol–water partition coefficient (Wildman–Crippen LogP) is 5.23. The highest BCUT2D eigenvalue weighted by molar-refractivity contribution is 5.96. The smallest absolute Gasteiger partial charge is 0.315 e. The lowest BCUT2D eigenvalue weighted by Gasteiger charge is -2.27. The molecule has 0 fully saturated rings. The monoisotopic (exact) mass is 399 g/mol. The molecule has 0 saturated carbocycles. The standard InChI is InChI=1S/C26H25NO3/c1-20(21-12-6-3-7-13-21)27(25(28)18-26(29)30-2)19-24(22-14-8-4-9-15-22)23-16-10-5-11-17-23/h3-17,19-20H,18H2,1-2H3. The van der Waals surface area contributed by atoms with Crippen LogP contribution in [0.1, 0.15) is 36.1 Å². The molecule has 152 valence electrons. The fraction of sp³-hybridized carbons (Fsp3) is 0.154. The van der Waals surface area contributed by atoms with E-state index in [1.807, 2.05) is 104 Å². The van der Waals surface area contributed by atoms with Crippen LogP contribution in [0.4, 0.5) is 0 Å². The van der Waals surface area contributed by atoms with E-state index in [2.05, 4.69) is 0 Å². The SMILES string of the molecule is COC(=O)CC(=O)N(C=C(c1ccccc1)c1ccccc1)C(C)c1ccccc1. The van der Waals surface area contributed by atoms with E-state index in [1.165, 1.54) is 7.11 Å². The molecule has 0 bridgehead atoms. The minimum Gasteiger partial charge on any atom is -0.469 e. The normalized spacial score (nSPS) is 11.3. The van der Waals surface area contributed by atoms with Crippen molar-refractivity contribution in [2.45, 2.75) is 19.4 Å². The van der Waals surface area contributed by atoms with Crippen LogP contribution in [0.15, 0.2) is 97.2 Å². The van der Waals surface area contributed by atoms with Gasteiger partial charge < -0.3 is 9.64 Å². The van der Waals surface area contributed by atoms with E-state index < -0.39 is 5.97 Å². The van der Waals surface area contributed by atoms with Gasteiger partial charge in [-0.15, -0.1) is 0 Å². The molecule has 0 spiro atoms. The van der Waals surface area contributed by atoms with Gasteiger partial charge in [0.25, 0.3) is 0 Å². The molecule has 0 aromatic heterocycles. The summed E-state index contributed by atoms with van der Waals surface area (Å²) < 4.78 is 4.72. The Bertz CT molecular complexity index is 957. The van der Waals surface area contributed by atoms with Crippen molar-refractivity contribution in [1.82, 2.24) is 4.90 Å². The molecule has 4 heteroatoms. The van der Waals surface area contributed by atoms with Crippen molar-refractivity contribution < 1.29 is 14.3 Å². The van der Waals surface area contributed by atoms with Gasteiger partial charge in [0.05, 0.1) is 13.2 Å². The minimum absolute atomic E-state index is 0.259. The minimum atomic E-state index is -0.556. The van der Waals surface area contributed by atoms with Gasteiger partial charge in [0.15, 0.2) is 0 Å². The third-order valence-corrected chi connectivity index (χ3v) is 4.95. The molecule has 0 saturated heterocycles. The molecule has 0 aliphatic heterocycles. The first kappa shape index (κ1) is 21.1. The van der Waals surface area contributed by atoms with E-state index in [0.29, 0.717) is 0 Å². The van der Waals surface area contributed by atoms with Crippen LogP contribution < -0.4 is 0 Å². The van der Waals surface area contributed by atoms with Gasteiger partial charge in [-0.3, -0.25) is 9.59 Å². The second kappa shape index (κ2) is 10.2. The molecule has 3 rings (SSSR count). The van der Waals surface area contributed by atoms with Crippen molar-refractivity contribution in [2.24, 2.45) is 0 Å². The lowest BCUT2D eigenvalue weighted by molar-refractivity contribution is -0.146. The van der Waals surface area contributed by atoms with Gasteiger partial charge >= 0.3 is 5.97 Å². The van der Waals surface area contributed by atoms with E-state index in [4.69, 9.17) is 4.74 Å². The number of hydrogen-bond acceptors (Lipinski definition) is 3. The molecule has 1 unspecified atom stereocenters. The molecule has 1 amide bonds. The maximum atomic E-state index is 13.1. The van der Waals surface area contributed by atoms with Crippen LogP contribution in [0.5, 0.6) is 0 Å². The van der Waals surface area contributed by atoms with Gasteiger partial charge in [-0.25, -0.2) is 0 Å². The van der Waals surface area contributed by atoms with Gasteiger partial charge in [0, 0.05) is 11.8 Å². The van der Waals surface area contributed by atoms with Crippen LogP contribution in [0, 0.1) is 0 Å². The van der Waals surface area contributed by atoms with Gasteiger partial charge in [0.1, 0.15) is 6.42 Å². The molecular weight excluding hydrogens is 374 g/mol. The summed E-state index contributed by atoms with van der Waals surface area (Å²) in [6, 6.07) is 29.3. The lowest BCUT2D eigenvalue weighted by Crippen LogP contribution is -2.31. The average Bonchev–Trinajstić information content (AvgIpc) is 2.81. The van der Waals surface area contributed by atoms with E-state index >= 15 is 0 Å². The zero-order valence-corrected chi connectivity index (χ0v) is 17.2. The fourth-order valence-electron chi connectivity index (χ4n) is 3.27. The van der Waals surface area contributed by atoms with E-state index in [9.17, 15) is 9.59 Å². The largest absolute Gasteiger partial charge is 0.469 e. The Morgan fingerprint density at radius 1 is 0.833 bits per heavy atom. The maximum absolute atomic E-state index is 13.1. The van der Waals surface area contributed by atoms with Crippen molar-refractivity contribution in [2.75, 3.05) is 7.11 Å². The van der Waals surface area contributed by atoms with Gasteiger partial charge in [-0.1, -0.05) is 91.0 Å². The fourth-order valence-corrected chi connectivity index (χ4v) is 3.27. The van der Waals surface area contributed by atoms with Crippen LogP contribution >= 0.6 is 0 Å². The molecule has 30 heavy (non-hydrogen) atoms. The summed E-state index contributed by atoms with van der Waals surface area (Å²) in [5.74, 6) is -0.873. The van der Waals surface area contributed by atoms with Gasteiger partial charge in [-0.2, -0.15) is 0 Å². The number of amides is 1. The first-order valence-corrected chi connectivity index (χ1v) is 9.85. The Morgan fingerprint density at radius 2 is 1.30 bits per heavy atom. The summed E-state index contributed by atoms with van der Waals surface area (Å²) in [5, 5.41) is 0. The number of ether oxygens (including phenoxy) is 1. The third kappa shape index (κ3) is 5.23. The number of benzene rings is 3. The number of methoxy groups -OCH3 is 1. The summed E-state index contributed by atoms with van der Waals surface area (Å²) in [4.78, 5) is 26.6. The van der Waals surface area contributed by atoms with Crippen LogP contribution in [0.3, 0.4) is 0 Å². The highest BCUT2D eigenvalue weighted by Crippen LogP contribution is 2.28.